The molecule has 0 fully saturated rings. The van der Waals surface area contributed by atoms with Crippen LogP contribution in [0.1, 0.15) is 11.1 Å². The zero-order chi connectivity index (χ0) is 17.6. The number of amides is 1. The molecule has 0 unspecified atom stereocenters. The number of carbonyl (C=O) groups is 1. The summed E-state index contributed by atoms with van der Waals surface area (Å²) in [7, 11) is 0. The van der Waals surface area contributed by atoms with Gasteiger partial charge in [0.2, 0.25) is 0 Å². The number of anilines is 1. The smallest absolute Gasteiger partial charge is 0.256 e. The van der Waals surface area contributed by atoms with Crippen LogP contribution < -0.4 is 5.32 Å². The number of nitrogens with one attached hydrogen (secondary N) is 1. The van der Waals surface area contributed by atoms with Gasteiger partial charge in [-0.25, -0.2) is 0 Å². The van der Waals surface area contributed by atoms with E-state index in [1.807, 2.05) is 66.7 Å². The van der Waals surface area contributed by atoms with E-state index in [9.17, 15) is 4.79 Å². The molecule has 3 rings (SSSR count). The van der Waals surface area contributed by atoms with Gasteiger partial charge in [-0.05, 0) is 29.3 Å². The first kappa shape index (κ1) is 17.3. The van der Waals surface area contributed by atoms with Crippen molar-refractivity contribution in [1.82, 2.24) is 0 Å². The monoisotopic (exact) mass is 367 g/mol. The maximum absolute atomic E-state index is 12.9. The lowest BCUT2D eigenvalue weighted by atomic mass is 10.0. The largest absolute Gasteiger partial charge is 0.321 e. The maximum atomic E-state index is 12.9. The number of halogens is 2. The van der Waals surface area contributed by atoms with Gasteiger partial charge in [0.15, 0.2) is 0 Å². The molecule has 0 bridgehead atoms. The summed E-state index contributed by atoms with van der Waals surface area (Å²) in [5.74, 6) is -0.251. The fourth-order valence-corrected chi connectivity index (χ4v) is 2.75. The second-order valence-corrected chi connectivity index (χ2v) is 6.18. The molecule has 0 atom stereocenters. The predicted octanol–water partition coefficient (Wildman–Crippen LogP) is 6.17. The molecule has 0 aliphatic carbocycles. The van der Waals surface area contributed by atoms with E-state index in [0.717, 1.165) is 11.1 Å². The van der Waals surface area contributed by atoms with E-state index in [4.69, 9.17) is 23.2 Å². The maximum Gasteiger partial charge on any atom is 0.256 e. The Hall–Kier alpha value is -2.55. The zero-order valence-electron chi connectivity index (χ0n) is 13.2. The topological polar surface area (TPSA) is 29.1 Å². The van der Waals surface area contributed by atoms with Gasteiger partial charge in [0.05, 0.1) is 15.7 Å². The van der Waals surface area contributed by atoms with Gasteiger partial charge in [-0.2, -0.15) is 0 Å². The lowest BCUT2D eigenvalue weighted by molar-refractivity contribution is -0.111. The summed E-state index contributed by atoms with van der Waals surface area (Å²) >= 11 is 12.2. The molecule has 0 saturated carbocycles. The Morgan fingerprint density at radius 2 is 1.44 bits per heavy atom. The second kappa shape index (κ2) is 8.02. The van der Waals surface area contributed by atoms with Crippen molar-refractivity contribution in [3.8, 4) is 0 Å². The minimum Gasteiger partial charge on any atom is -0.321 e. The third-order valence-corrected chi connectivity index (χ3v) is 4.46. The van der Waals surface area contributed by atoms with E-state index < -0.39 is 0 Å². The Kier molecular flexibility index (Phi) is 5.54. The molecule has 0 saturated heterocycles. The molecular weight excluding hydrogens is 353 g/mol. The third-order valence-electron chi connectivity index (χ3n) is 3.64. The third kappa shape index (κ3) is 4.30. The molecular formula is C21H15Cl2NO. The predicted molar refractivity (Wildman–Crippen MR) is 106 cm³/mol. The summed E-state index contributed by atoms with van der Waals surface area (Å²) in [6, 6.07) is 24.3. The lowest BCUT2D eigenvalue weighted by Crippen LogP contribution is -2.14. The number of carbonyl (C=O) groups excluding carboxylic acids is 1. The van der Waals surface area contributed by atoms with Gasteiger partial charge in [0.25, 0.3) is 5.91 Å². The van der Waals surface area contributed by atoms with Crippen molar-refractivity contribution in [3.05, 3.63) is 100 Å². The number of hydrogen-bond donors (Lipinski definition) is 1. The zero-order valence-corrected chi connectivity index (χ0v) is 14.8. The van der Waals surface area contributed by atoms with Crippen molar-refractivity contribution < 1.29 is 4.79 Å². The van der Waals surface area contributed by atoms with Gasteiger partial charge in [-0.3, -0.25) is 4.79 Å². The minimum absolute atomic E-state index is 0.251. The number of benzene rings is 3. The van der Waals surface area contributed by atoms with E-state index in [1.165, 1.54) is 0 Å². The van der Waals surface area contributed by atoms with E-state index in [0.29, 0.717) is 21.3 Å². The first-order chi connectivity index (χ1) is 12.1. The SMILES string of the molecule is O=C(Nc1cccc(Cl)c1Cl)/C(=C\c1ccccc1)c1ccccc1. The molecule has 0 aliphatic rings. The van der Waals surface area contributed by atoms with Gasteiger partial charge in [-0.1, -0.05) is 89.9 Å². The molecule has 0 heterocycles. The van der Waals surface area contributed by atoms with Gasteiger partial charge in [-0.15, -0.1) is 0 Å². The van der Waals surface area contributed by atoms with Crippen LogP contribution >= 0.6 is 23.2 Å². The van der Waals surface area contributed by atoms with Gasteiger partial charge in [0.1, 0.15) is 0 Å². The Morgan fingerprint density at radius 1 is 0.800 bits per heavy atom. The van der Waals surface area contributed by atoms with Crippen molar-refractivity contribution in [2.24, 2.45) is 0 Å². The molecule has 2 nitrogen and oxygen atoms in total. The van der Waals surface area contributed by atoms with Crippen LogP contribution in [0.2, 0.25) is 10.0 Å². The Balaban J connectivity index is 1.98. The van der Waals surface area contributed by atoms with Crippen LogP contribution in [0.25, 0.3) is 11.6 Å². The van der Waals surface area contributed by atoms with Gasteiger partial charge >= 0.3 is 0 Å². The number of rotatable bonds is 4. The second-order valence-electron chi connectivity index (χ2n) is 5.39. The quantitative estimate of drug-likeness (QED) is 0.433. The van der Waals surface area contributed by atoms with Gasteiger partial charge in [0, 0.05) is 5.57 Å². The normalized spacial score (nSPS) is 11.2. The summed E-state index contributed by atoms with van der Waals surface area (Å²) in [5.41, 5.74) is 2.78. The standard InChI is InChI=1S/C21H15Cl2NO/c22-18-12-7-13-19(20(18)23)24-21(25)17(16-10-5-2-6-11-16)14-15-8-3-1-4-9-15/h1-14H,(H,24,25)/b17-14-. The molecule has 124 valence electrons. The summed E-state index contributed by atoms with van der Waals surface area (Å²) < 4.78 is 0. The first-order valence-corrected chi connectivity index (χ1v) is 8.48. The van der Waals surface area contributed by atoms with Crippen LogP contribution in [-0.4, -0.2) is 5.91 Å². The highest BCUT2D eigenvalue weighted by Crippen LogP contribution is 2.30. The van der Waals surface area contributed by atoms with Crippen LogP contribution in [-0.2, 0) is 4.79 Å². The average molecular weight is 368 g/mol. The lowest BCUT2D eigenvalue weighted by Gasteiger charge is -2.11. The fraction of sp³-hybridized carbons (Fsp3) is 0. The van der Waals surface area contributed by atoms with Crippen molar-refractivity contribution in [2.75, 3.05) is 5.32 Å². The van der Waals surface area contributed by atoms with Crippen LogP contribution in [0, 0.1) is 0 Å². The molecule has 1 N–H and O–H groups in total. The highest BCUT2D eigenvalue weighted by atomic mass is 35.5. The van der Waals surface area contributed by atoms with Crippen LogP contribution in [0.5, 0.6) is 0 Å². The molecule has 0 aliphatic heterocycles. The molecule has 25 heavy (non-hydrogen) atoms. The van der Waals surface area contributed by atoms with E-state index in [1.54, 1.807) is 18.2 Å². The molecule has 3 aromatic carbocycles. The van der Waals surface area contributed by atoms with Crippen LogP contribution in [0.15, 0.2) is 78.9 Å². The molecule has 4 heteroatoms. The first-order valence-electron chi connectivity index (χ1n) is 7.72. The van der Waals surface area contributed by atoms with Gasteiger partial charge < -0.3 is 5.32 Å². The van der Waals surface area contributed by atoms with Crippen molar-refractivity contribution in [1.29, 1.82) is 0 Å². The van der Waals surface area contributed by atoms with Crippen molar-refractivity contribution in [2.45, 2.75) is 0 Å². The summed E-state index contributed by atoms with van der Waals surface area (Å²) in [4.78, 5) is 12.9. The van der Waals surface area contributed by atoms with E-state index >= 15 is 0 Å². The molecule has 0 aromatic heterocycles. The van der Waals surface area contributed by atoms with Crippen LogP contribution in [0.4, 0.5) is 5.69 Å². The van der Waals surface area contributed by atoms with E-state index in [2.05, 4.69) is 5.32 Å². The average Bonchev–Trinajstić information content (AvgIpc) is 2.65. The van der Waals surface area contributed by atoms with Crippen molar-refractivity contribution in [3.63, 3.8) is 0 Å². The van der Waals surface area contributed by atoms with Crippen molar-refractivity contribution >= 4 is 46.4 Å². The van der Waals surface area contributed by atoms with E-state index in [-0.39, 0.29) is 5.91 Å². The fourth-order valence-electron chi connectivity index (χ4n) is 2.40. The highest BCUT2D eigenvalue weighted by molar-refractivity contribution is 6.44. The molecule has 0 spiro atoms. The Bertz CT molecular complexity index is 906. The minimum atomic E-state index is -0.251. The summed E-state index contributed by atoms with van der Waals surface area (Å²) in [6.07, 6.45) is 1.85. The number of hydrogen-bond acceptors (Lipinski definition) is 1. The molecule has 3 aromatic rings. The Morgan fingerprint density at radius 3 is 2.12 bits per heavy atom. The molecule has 1 amide bonds. The van der Waals surface area contributed by atoms with Crippen LogP contribution in [0.3, 0.4) is 0 Å². The highest BCUT2D eigenvalue weighted by Gasteiger charge is 2.14. The Labute approximate surface area is 156 Å². The summed E-state index contributed by atoms with van der Waals surface area (Å²) in [5, 5.41) is 3.57. The molecule has 0 radical (unpaired) electrons. The summed E-state index contributed by atoms with van der Waals surface area (Å²) in [6.45, 7) is 0.